The zero-order valence-corrected chi connectivity index (χ0v) is 19.1. The summed E-state index contributed by atoms with van der Waals surface area (Å²) in [7, 11) is 0. The van der Waals surface area contributed by atoms with Crippen LogP contribution in [0.25, 0.3) is 17.0 Å². The molecule has 1 saturated heterocycles. The van der Waals surface area contributed by atoms with Crippen LogP contribution in [0.2, 0.25) is 10.0 Å². The summed E-state index contributed by atoms with van der Waals surface area (Å²) in [6.07, 6.45) is 4.80. The van der Waals surface area contributed by atoms with Gasteiger partial charge in [-0.25, -0.2) is 4.79 Å². The van der Waals surface area contributed by atoms with Gasteiger partial charge in [-0.15, -0.1) is 0 Å². The number of barbiturate groups is 1. The summed E-state index contributed by atoms with van der Waals surface area (Å²) in [5, 5.41) is 4.16. The van der Waals surface area contributed by atoms with Crippen LogP contribution in [0.3, 0.4) is 0 Å². The number of furan rings is 1. The minimum absolute atomic E-state index is 0.0842. The third kappa shape index (κ3) is 4.11. The molecule has 0 saturated carbocycles. The Morgan fingerprint density at radius 3 is 2.56 bits per heavy atom. The van der Waals surface area contributed by atoms with E-state index in [0.717, 1.165) is 21.4 Å². The second kappa shape index (κ2) is 8.85. The molecule has 7 nitrogen and oxygen atoms in total. The first-order valence-corrected chi connectivity index (χ1v) is 11.1. The smallest absolute Gasteiger partial charge is 0.331 e. The van der Waals surface area contributed by atoms with Crippen molar-refractivity contribution in [3.05, 3.63) is 99.6 Å². The molecule has 9 heteroatoms. The Hall–Kier alpha value is -3.81. The normalized spacial score (nSPS) is 15.4. The number of hydrogen-bond acceptors (Lipinski definition) is 4. The highest BCUT2D eigenvalue weighted by atomic mass is 35.5. The van der Waals surface area contributed by atoms with E-state index in [1.54, 1.807) is 24.3 Å². The molecule has 1 aliphatic heterocycles. The molecule has 1 N–H and O–H groups in total. The molecule has 2 aromatic carbocycles. The van der Waals surface area contributed by atoms with Crippen LogP contribution < -0.4 is 5.32 Å². The molecule has 3 heterocycles. The van der Waals surface area contributed by atoms with E-state index in [2.05, 4.69) is 5.32 Å². The molecule has 0 spiro atoms. The molecule has 1 fully saturated rings. The van der Waals surface area contributed by atoms with Gasteiger partial charge >= 0.3 is 6.03 Å². The number of halogens is 2. The lowest BCUT2D eigenvalue weighted by Crippen LogP contribution is -2.53. The van der Waals surface area contributed by atoms with Crippen molar-refractivity contribution in [3.8, 4) is 0 Å². The molecule has 0 unspecified atom stereocenters. The van der Waals surface area contributed by atoms with Crippen molar-refractivity contribution < 1.29 is 18.8 Å². The number of benzene rings is 2. The maximum atomic E-state index is 13.1. The third-order valence-corrected chi connectivity index (χ3v) is 6.14. The number of para-hydroxylation sites is 1. The molecule has 0 radical (unpaired) electrons. The van der Waals surface area contributed by atoms with Crippen LogP contribution in [-0.4, -0.2) is 27.3 Å². The molecular formula is C25H17Cl2N3O4. The van der Waals surface area contributed by atoms with Crippen LogP contribution in [0.15, 0.2) is 77.0 Å². The Morgan fingerprint density at radius 1 is 0.971 bits per heavy atom. The van der Waals surface area contributed by atoms with Crippen LogP contribution in [-0.2, 0) is 22.7 Å². The lowest BCUT2D eigenvalue weighted by molar-refractivity contribution is -0.130. The van der Waals surface area contributed by atoms with Crippen LogP contribution in [0, 0.1) is 0 Å². The quantitative estimate of drug-likeness (QED) is 0.303. The highest BCUT2D eigenvalue weighted by Gasteiger charge is 2.36. The molecule has 0 atom stereocenters. The number of rotatable bonds is 5. The Morgan fingerprint density at radius 2 is 1.79 bits per heavy atom. The Balaban J connectivity index is 1.53. The summed E-state index contributed by atoms with van der Waals surface area (Å²) < 4.78 is 7.23. The summed E-state index contributed by atoms with van der Waals surface area (Å²) in [5.41, 5.74) is 2.28. The van der Waals surface area contributed by atoms with Crippen molar-refractivity contribution in [2.45, 2.75) is 13.1 Å². The van der Waals surface area contributed by atoms with Crippen molar-refractivity contribution in [1.82, 2.24) is 14.8 Å². The molecular weight excluding hydrogens is 477 g/mol. The van der Waals surface area contributed by atoms with Gasteiger partial charge in [0.1, 0.15) is 11.3 Å². The van der Waals surface area contributed by atoms with Gasteiger partial charge in [-0.05, 0) is 42.0 Å². The van der Waals surface area contributed by atoms with Crippen LogP contribution in [0.1, 0.15) is 16.9 Å². The summed E-state index contributed by atoms with van der Waals surface area (Å²) >= 11 is 12.4. The Bertz CT molecular complexity index is 1470. The fourth-order valence-corrected chi connectivity index (χ4v) is 4.37. The largest absolute Gasteiger partial charge is 0.467 e. The third-order valence-electron chi connectivity index (χ3n) is 5.55. The summed E-state index contributed by atoms with van der Waals surface area (Å²) in [5.74, 6) is -1.01. The highest BCUT2D eigenvalue weighted by molar-refractivity contribution is 6.35. The van der Waals surface area contributed by atoms with E-state index in [0.29, 0.717) is 27.9 Å². The zero-order chi connectivity index (χ0) is 23.8. The molecule has 4 amide bonds. The molecule has 4 aromatic rings. The summed E-state index contributed by atoms with van der Waals surface area (Å²) in [6, 6.07) is 15.4. The van der Waals surface area contributed by atoms with E-state index < -0.39 is 17.8 Å². The Kier molecular flexibility index (Phi) is 5.73. The van der Waals surface area contributed by atoms with Crippen molar-refractivity contribution in [2.75, 3.05) is 0 Å². The topological polar surface area (TPSA) is 84.6 Å². The van der Waals surface area contributed by atoms with Gasteiger partial charge in [0.15, 0.2) is 0 Å². The van der Waals surface area contributed by atoms with Gasteiger partial charge in [-0.1, -0.05) is 47.5 Å². The number of imide groups is 2. The van der Waals surface area contributed by atoms with E-state index in [1.807, 2.05) is 41.1 Å². The van der Waals surface area contributed by atoms with Crippen molar-refractivity contribution in [2.24, 2.45) is 0 Å². The predicted molar refractivity (Wildman–Crippen MR) is 128 cm³/mol. The SMILES string of the molecule is O=C1NC(=O)N(Cc2ccco2)C(=O)/C1=C\c1cn(Cc2ccc(Cl)cc2Cl)c2ccccc12. The first kappa shape index (κ1) is 22.0. The van der Waals surface area contributed by atoms with Gasteiger partial charge in [0, 0.05) is 39.3 Å². The number of fused-ring (bicyclic) bond motifs is 1. The lowest BCUT2D eigenvalue weighted by atomic mass is 10.1. The zero-order valence-electron chi connectivity index (χ0n) is 17.6. The average molecular weight is 494 g/mol. The molecule has 34 heavy (non-hydrogen) atoms. The monoisotopic (exact) mass is 493 g/mol. The number of nitrogens with one attached hydrogen (secondary N) is 1. The number of hydrogen-bond donors (Lipinski definition) is 1. The molecule has 170 valence electrons. The first-order chi connectivity index (χ1) is 16.4. The summed E-state index contributed by atoms with van der Waals surface area (Å²) in [4.78, 5) is 38.9. The average Bonchev–Trinajstić information content (AvgIpc) is 3.44. The van der Waals surface area contributed by atoms with E-state index in [4.69, 9.17) is 27.6 Å². The van der Waals surface area contributed by atoms with Gasteiger partial charge in [0.25, 0.3) is 11.8 Å². The lowest BCUT2D eigenvalue weighted by Gasteiger charge is -2.25. The number of urea groups is 1. The number of carbonyl (C=O) groups is 3. The van der Waals surface area contributed by atoms with E-state index >= 15 is 0 Å². The van der Waals surface area contributed by atoms with Gasteiger partial charge in [0.05, 0.1) is 12.8 Å². The van der Waals surface area contributed by atoms with E-state index in [1.165, 1.54) is 12.3 Å². The van der Waals surface area contributed by atoms with Crippen LogP contribution in [0.5, 0.6) is 0 Å². The number of nitrogens with zero attached hydrogens (tertiary/aromatic N) is 2. The molecule has 0 aliphatic carbocycles. The van der Waals surface area contributed by atoms with Crippen LogP contribution in [0.4, 0.5) is 4.79 Å². The molecule has 5 rings (SSSR count). The standard InChI is InChI=1S/C25H17Cl2N3O4/c26-17-8-7-15(21(27)11-17)12-29-13-16(19-5-1-2-6-22(19)29)10-20-23(31)28-25(33)30(24(20)32)14-18-4-3-9-34-18/h1-11,13H,12,14H2,(H,28,31,33)/b20-10-. The number of aromatic nitrogens is 1. The van der Waals surface area contributed by atoms with Gasteiger partial charge in [-0.2, -0.15) is 0 Å². The fourth-order valence-electron chi connectivity index (χ4n) is 3.91. The van der Waals surface area contributed by atoms with Crippen LogP contribution >= 0.6 is 23.2 Å². The summed E-state index contributed by atoms with van der Waals surface area (Å²) in [6.45, 7) is 0.377. The Labute approximate surface area is 204 Å². The number of carbonyl (C=O) groups excluding carboxylic acids is 3. The van der Waals surface area contributed by atoms with Gasteiger partial charge in [0.2, 0.25) is 0 Å². The predicted octanol–water partition coefficient (Wildman–Crippen LogP) is 5.25. The highest BCUT2D eigenvalue weighted by Crippen LogP contribution is 2.28. The minimum atomic E-state index is -0.789. The van der Waals surface area contributed by atoms with E-state index in [9.17, 15) is 14.4 Å². The van der Waals surface area contributed by atoms with Gasteiger partial charge < -0.3 is 8.98 Å². The number of amides is 4. The molecule has 1 aliphatic rings. The van der Waals surface area contributed by atoms with Crippen molar-refractivity contribution >= 4 is 58.0 Å². The molecule has 2 aromatic heterocycles. The van der Waals surface area contributed by atoms with E-state index in [-0.39, 0.29) is 12.1 Å². The van der Waals surface area contributed by atoms with Crippen molar-refractivity contribution in [3.63, 3.8) is 0 Å². The fraction of sp³-hybridized carbons (Fsp3) is 0.0800. The second-order valence-electron chi connectivity index (χ2n) is 7.75. The maximum Gasteiger partial charge on any atom is 0.331 e. The van der Waals surface area contributed by atoms with Crippen molar-refractivity contribution in [1.29, 1.82) is 0 Å². The molecule has 0 bridgehead atoms. The van der Waals surface area contributed by atoms with Gasteiger partial charge in [-0.3, -0.25) is 19.8 Å². The first-order valence-electron chi connectivity index (χ1n) is 10.3. The minimum Gasteiger partial charge on any atom is -0.467 e. The maximum absolute atomic E-state index is 13.1. The second-order valence-corrected chi connectivity index (χ2v) is 8.60.